The van der Waals surface area contributed by atoms with Crippen LogP contribution in [0.15, 0.2) is 66.7 Å². The quantitative estimate of drug-likeness (QED) is 0.437. The minimum atomic E-state index is 0.155. The number of hydrogen-bond acceptors (Lipinski definition) is 0. The summed E-state index contributed by atoms with van der Waals surface area (Å²) in [5.41, 5.74) is 9.64. The zero-order valence-corrected chi connectivity index (χ0v) is 17.9. The van der Waals surface area contributed by atoms with Crippen molar-refractivity contribution in [3.8, 4) is 22.3 Å². The van der Waals surface area contributed by atoms with Gasteiger partial charge in [0.25, 0.3) is 0 Å². The van der Waals surface area contributed by atoms with Crippen LogP contribution in [-0.4, -0.2) is 0 Å². The largest absolute Gasteiger partial charge is 0.0614 e. The highest BCUT2D eigenvalue weighted by Gasteiger charge is 2.17. The first-order valence-electron chi connectivity index (χ1n) is 9.89. The first-order valence-corrected chi connectivity index (χ1v) is 9.89. The number of rotatable bonds is 2. The molecule has 0 unspecified atom stereocenters. The Morgan fingerprint density at radius 3 is 1.26 bits per heavy atom. The van der Waals surface area contributed by atoms with Crippen LogP contribution in [0.1, 0.15) is 58.2 Å². The van der Waals surface area contributed by atoms with E-state index in [9.17, 15) is 0 Å². The average molecular weight is 357 g/mol. The number of hydrogen-bond donors (Lipinski definition) is 0. The lowest BCUT2D eigenvalue weighted by molar-refractivity contribution is 0.590. The second-order valence-corrected chi connectivity index (χ2v) is 9.64. The minimum Gasteiger partial charge on any atom is -0.0614 e. The van der Waals surface area contributed by atoms with Gasteiger partial charge in [-0.25, -0.2) is 0 Å². The zero-order valence-electron chi connectivity index (χ0n) is 17.9. The van der Waals surface area contributed by atoms with Crippen LogP contribution >= 0.6 is 0 Å². The maximum absolute atomic E-state index is 2.34. The molecule has 0 saturated carbocycles. The van der Waals surface area contributed by atoms with E-state index in [1.54, 1.807) is 0 Å². The first-order chi connectivity index (χ1) is 12.6. The van der Waals surface area contributed by atoms with Gasteiger partial charge in [-0.3, -0.25) is 0 Å². The van der Waals surface area contributed by atoms with Crippen LogP contribution < -0.4 is 0 Å². The van der Waals surface area contributed by atoms with E-state index in [1.165, 1.54) is 38.9 Å². The van der Waals surface area contributed by atoms with Crippen molar-refractivity contribution >= 4 is 0 Å². The van der Waals surface area contributed by atoms with Crippen LogP contribution in [0.2, 0.25) is 0 Å². The average Bonchev–Trinajstić information content (AvgIpc) is 2.61. The lowest BCUT2D eigenvalue weighted by Gasteiger charge is -2.21. The van der Waals surface area contributed by atoms with Gasteiger partial charge in [0.15, 0.2) is 0 Å². The van der Waals surface area contributed by atoms with Gasteiger partial charge in [-0.2, -0.15) is 0 Å². The Bertz CT molecular complexity index is 871. The Kier molecular flexibility index (Phi) is 5.04. The Labute approximate surface area is 165 Å². The maximum Gasteiger partial charge on any atom is -0.0132 e. The van der Waals surface area contributed by atoms with Crippen LogP contribution in [0.25, 0.3) is 22.3 Å². The molecule has 0 aromatic heterocycles. The lowest BCUT2D eigenvalue weighted by atomic mass is 9.83. The molecule has 0 atom stereocenters. The maximum atomic E-state index is 2.34. The van der Waals surface area contributed by atoms with E-state index in [0.29, 0.717) is 0 Å². The normalized spacial score (nSPS) is 12.3. The molecule has 0 radical (unpaired) electrons. The summed E-state index contributed by atoms with van der Waals surface area (Å²) in [6.45, 7) is 15.9. The van der Waals surface area contributed by atoms with Gasteiger partial charge in [0.2, 0.25) is 0 Å². The van der Waals surface area contributed by atoms with E-state index >= 15 is 0 Å². The fourth-order valence-electron chi connectivity index (χ4n) is 3.57. The van der Waals surface area contributed by atoms with Crippen LogP contribution in [-0.2, 0) is 10.8 Å². The third-order valence-electron chi connectivity index (χ3n) is 5.41. The molecule has 0 aliphatic heterocycles. The Balaban J connectivity index is 2.11. The second-order valence-electron chi connectivity index (χ2n) is 9.64. The molecule has 0 aliphatic rings. The van der Waals surface area contributed by atoms with Gasteiger partial charge >= 0.3 is 0 Å². The van der Waals surface area contributed by atoms with Crippen LogP contribution in [0.4, 0.5) is 0 Å². The van der Waals surface area contributed by atoms with Gasteiger partial charge in [0.1, 0.15) is 0 Å². The highest BCUT2D eigenvalue weighted by molar-refractivity contribution is 5.78. The molecule has 0 heteroatoms. The van der Waals surface area contributed by atoms with E-state index < -0.39 is 0 Å². The Morgan fingerprint density at radius 1 is 0.519 bits per heavy atom. The van der Waals surface area contributed by atoms with Gasteiger partial charge in [-0.1, -0.05) is 108 Å². The molecule has 0 N–H and O–H groups in total. The van der Waals surface area contributed by atoms with Crippen LogP contribution in [0.3, 0.4) is 0 Å². The topological polar surface area (TPSA) is 0 Å². The third-order valence-corrected chi connectivity index (χ3v) is 5.41. The molecule has 3 aromatic carbocycles. The van der Waals surface area contributed by atoms with Crippen molar-refractivity contribution in [1.82, 2.24) is 0 Å². The summed E-state index contributed by atoms with van der Waals surface area (Å²) in [4.78, 5) is 0. The zero-order chi connectivity index (χ0) is 19.8. The van der Waals surface area contributed by atoms with E-state index in [1.807, 2.05) is 0 Å². The van der Waals surface area contributed by atoms with Crippen LogP contribution in [0.5, 0.6) is 0 Å². The van der Waals surface area contributed by atoms with Gasteiger partial charge in [0, 0.05) is 0 Å². The predicted molar refractivity (Wildman–Crippen MR) is 119 cm³/mol. The van der Waals surface area contributed by atoms with Gasteiger partial charge in [-0.05, 0) is 56.7 Å². The summed E-state index contributed by atoms with van der Waals surface area (Å²) in [6, 6.07) is 24.7. The molecule has 3 aromatic rings. The molecule has 0 saturated heterocycles. The molecule has 0 heterocycles. The Morgan fingerprint density at radius 2 is 0.889 bits per heavy atom. The van der Waals surface area contributed by atoms with Gasteiger partial charge in [0.05, 0.1) is 0 Å². The summed E-state index contributed by atoms with van der Waals surface area (Å²) in [5, 5.41) is 0. The summed E-state index contributed by atoms with van der Waals surface area (Å²) in [5.74, 6) is 0. The highest BCUT2D eigenvalue weighted by Crippen LogP contribution is 2.35. The molecule has 0 bridgehead atoms. The van der Waals surface area contributed by atoms with Crippen molar-refractivity contribution in [2.45, 2.75) is 59.3 Å². The molecular weight excluding hydrogens is 324 g/mol. The fourth-order valence-corrected chi connectivity index (χ4v) is 3.57. The fraction of sp³-hybridized carbons (Fsp3) is 0.333. The second kappa shape index (κ2) is 7.00. The van der Waals surface area contributed by atoms with Crippen molar-refractivity contribution < 1.29 is 0 Å². The van der Waals surface area contributed by atoms with E-state index in [4.69, 9.17) is 0 Å². The molecular formula is C27H32. The standard InChI is InChI=1S/C27H32/c1-19-24(20-11-8-13-22(17-20)26(2,3)4)15-10-16-25(19)21-12-9-14-23(18-21)27(5,6)7/h8-18H,1-7H3. The van der Waals surface area contributed by atoms with Gasteiger partial charge in [-0.15, -0.1) is 0 Å². The summed E-state index contributed by atoms with van der Waals surface area (Å²) in [6.07, 6.45) is 0. The summed E-state index contributed by atoms with van der Waals surface area (Å²) < 4.78 is 0. The molecule has 3 rings (SSSR count). The molecule has 140 valence electrons. The SMILES string of the molecule is Cc1c(-c2cccc(C(C)(C)C)c2)cccc1-c1cccc(C(C)(C)C)c1. The molecule has 0 amide bonds. The van der Waals surface area contributed by atoms with Crippen molar-refractivity contribution in [2.24, 2.45) is 0 Å². The van der Waals surface area contributed by atoms with Crippen molar-refractivity contribution in [2.75, 3.05) is 0 Å². The predicted octanol–water partition coefficient (Wildman–Crippen LogP) is 7.92. The van der Waals surface area contributed by atoms with Gasteiger partial charge < -0.3 is 0 Å². The van der Waals surface area contributed by atoms with Crippen LogP contribution in [0, 0.1) is 6.92 Å². The van der Waals surface area contributed by atoms with Crippen molar-refractivity contribution in [3.05, 3.63) is 83.4 Å². The van der Waals surface area contributed by atoms with E-state index in [0.717, 1.165) is 0 Å². The highest BCUT2D eigenvalue weighted by atomic mass is 14.2. The van der Waals surface area contributed by atoms with Crippen molar-refractivity contribution in [3.63, 3.8) is 0 Å². The Hall–Kier alpha value is -2.34. The summed E-state index contributed by atoms with van der Waals surface area (Å²) in [7, 11) is 0. The molecule has 0 nitrogen and oxygen atoms in total. The third kappa shape index (κ3) is 4.16. The minimum absolute atomic E-state index is 0.155. The smallest absolute Gasteiger partial charge is 0.0132 e. The number of benzene rings is 3. The summed E-state index contributed by atoms with van der Waals surface area (Å²) >= 11 is 0. The van der Waals surface area contributed by atoms with Crippen molar-refractivity contribution in [1.29, 1.82) is 0 Å². The molecule has 27 heavy (non-hydrogen) atoms. The monoisotopic (exact) mass is 356 g/mol. The molecule has 0 fully saturated rings. The lowest BCUT2D eigenvalue weighted by Crippen LogP contribution is -2.11. The van der Waals surface area contributed by atoms with E-state index in [-0.39, 0.29) is 10.8 Å². The molecule has 0 spiro atoms. The first kappa shape index (κ1) is 19.4. The molecule has 0 aliphatic carbocycles. The van der Waals surface area contributed by atoms with E-state index in [2.05, 4.69) is 115 Å².